The Kier molecular flexibility index (Phi) is 6.68. The predicted octanol–water partition coefficient (Wildman–Crippen LogP) is 3.57. The SMILES string of the molecule is CC(C)NC(=O)O[C@H]1CC[C@@H](c2cc(Nc3ccc(NS(C)(=O)=O)c(F)c3F)n[nH]2)C1. The lowest BCUT2D eigenvalue weighted by Gasteiger charge is -2.14. The van der Waals surface area contributed by atoms with Gasteiger partial charge in [-0.25, -0.2) is 22.0 Å². The Bertz CT molecular complexity index is 1060. The van der Waals surface area contributed by atoms with Crippen LogP contribution in [0.15, 0.2) is 18.2 Å². The van der Waals surface area contributed by atoms with Gasteiger partial charge in [0, 0.05) is 23.7 Å². The largest absolute Gasteiger partial charge is 0.446 e. The molecule has 4 N–H and O–H groups in total. The van der Waals surface area contributed by atoms with E-state index in [2.05, 4.69) is 20.8 Å². The summed E-state index contributed by atoms with van der Waals surface area (Å²) < 4.78 is 58.3. The Balaban J connectivity index is 1.63. The summed E-state index contributed by atoms with van der Waals surface area (Å²) in [6.07, 6.45) is 2.32. The highest BCUT2D eigenvalue weighted by Gasteiger charge is 2.30. The summed E-state index contributed by atoms with van der Waals surface area (Å²) >= 11 is 0. The second-order valence-electron chi connectivity index (χ2n) is 7.83. The van der Waals surface area contributed by atoms with Gasteiger partial charge in [0.05, 0.1) is 17.6 Å². The number of aromatic amines is 1. The molecule has 0 radical (unpaired) electrons. The predicted molar refractivity (Wildman–Crippen MR) is 112 cm³/mol. The van der Waals surface area contributed by atoms with Crippen molar-refractivity contribution in [1.29, 1.82) is 0 Å². The van der Waals surface area contributed by atoms with Crippen LogP contribution < -0.4 is 15.4 Å². The number of H-pyrrole nitrogens is 1. The van der Waals surface area contributed by atoms with Crippen LogP contribution in [0, 0.1) is 11.6 Å². The van der Waals surface area contributed by atoms with Crippen LogP contribution in [0.25, 0.3) is 0 Å². The normalized spacial score (nSPS) is 18.8. The van der Waals surface area contributed by atoms with E-state index in [0.29, 0.717) is 12.8 Å². The highest BCUT2D eigenvalue weighted by atomic mass is 32.2. The molecule has 1 amide bonds. The Morgan fingerprint density at radius 1 is 1.23 bits per heavy atom. The van der Waals surface area contributed by atoms with E-state index < -0.39 is 33.4 Å². The molecule has 1 aliphatic carbocycles. The van der Waals surface area contributed by atoms with Crippen molar-refractivity contribution < 1.29 is 26.7 Å². The van der Waals surface area contributed by atoms with E-state index >= 15 is 0 Å². The first-order chi connectivity index (χ1) is 14.5. The number of hydrogen-bond acceptors (Lipinski definition) is 6. The molecule has 2 atom stereocenters. The fourth-order valence-corrected chi connectivity index (χ4v) is 3.98. The van der Waals surface area contributed by atoms with E-state index in [0.717, 1.165) is 24.4 Å². The van der Waals surface area contributed by atoms with Crippen LogP contribution in [-0.2, 0) is 14.8 Å². The van der Waals surface area contributed by atoms with Gasteiger partial charge in [0.15, 0.2) is 17.5 Å². The molecule has 1 aromatic heterocycles. The van der Waals surface area contributed by atoms with Crippen molar-refractivity contribution in [3.05, 3.63) is 35.5 Å². The summed E-state index contributed by atoms with van der Waals surface area (Å²) in [4.78, 5) is 11.8. The minimum Gasteiger partial charge on any atom is -0.446 e. The van der Waals surface area contributed by atoms with Crippen molar-refractivity contribution >= 4 is 33.3 Å². The third-order valence-corrected chi connectivity index (χ3v) is 5.33. The number of carbonyl (C=O) groups excluding carboxylic acids is 1. The molecule has 1 aliphatic rings. The lowest BCUT2D eigenvalue weighted by molar-refractivity contribution is 0.0981. The van der Waals surface area contributed by atoms with Crippen LogP contribution in [0.2, 0.25) is 0 Å². The third-order valence-electron chi connectivity index (χ3n) is 4.74. The summed E-state index contributed by atoms with van der Waals surface area (Å²) in [5.41, 5.74) is 0.119. The number of nitrogens with one attached hydrogen (secondary N) is 4. The van der Waals surface area contributed by atoms with Crippen molar-refractivity contribution in [2.45, 2.75) is 51.2 Å². The van der Waals surface area contributed by atoms with Gasteiger partial charge in [-0.2, -0.15) is 5.10 Å². The summed E-state index contributed by atoms with van der Waals surface area (Å²) in [5.74, 6) is -2.19. The van der Waals surface area contributed by atoms with Gasteiger partial charge in [0.2, 0.25) is 10.0 Å². The Hall–Kier alpha value is -2.89. The maximum absolute atomic E-state index is 14.3. The molecular weight excluding hydrogens is 432 g/mol. The number of alkyl carbamates (subject to hydrolysis) is 1. The standard InChI is InChI=1S/C19H25F2N5O4S/c1-10(2)22-19(27)30-12-5-4-11(8-12)15-9-16(25-24-15)23-13-6-7-14(18(21)17(13)20)26-31(3,28)29/h6-7,9-12,26H,4-5,8H2,1-3H3,(H,22,27)(H2,23,24,25)/t11-,12+/m1/s1. The zero-order valence-electron chi connectivity index (χ0n) is 17.3. The van der Waals surface area contributed by atoms with Crippen LogP contribution in [0.1, 0.15) is 44.7 Å². The molecule has 0 bridgehead atoms. The number of benzene rings is 1. The van der Waals surface area contributed by atoms with E-state index in [1.165, 1.54) is 6.07 Å². The van der Waals surface area contributed by atoms with Gasteiger partial charge in [-0.1, -0.05) is 0 Å². The van der Waals surface area contributed by atoms with Gasteiger partial charge in [-0.05, 0) is 45.2 Å². The number of halogens is 2. The summed E-state index contributed by atoms with van der Waals surface area (Å²) in [6.45, 7) is 3.70. The average Bonchev–Trinajstić information content (AvgIpc) is 3.29. The van der Waals surface area contributed by atoms with Crippen LogP contribution in [0.5, 0.6) is 0 Å². The molecule has 1 saturated carbocycles. The Labute approximate surface area is 179 Å². The minimum atomic E-state index is -3.74. The fourth-order valence-electron chi connectivity index (χ4n) is 3.42. The molecule has 170 valence electrons. The summed E-state index contributed by atoms with van der Waals surface area (Å²) in [7, 11) is -3.74. The quantitative estimate of drug-likeness (QED) is 0.504. The number of carbonyl (C=O) groups is 1. The lowest BCUT2D eigenvalue weighted by atomic mass is 10.0. The number of anilines is 3. The van der Waals surface area contributed by atoms with Crippen molar-refractivity contribution in [2.24, 2.45) is 0 Å². The molecular formula is C19H25F2N5O4S. The van der Waals surface area contributed by atoms with Crippen LogP contribution in [0.4, 0.5) is 30.8 Å². The Morgan fingerprint density at radius 2 is 1.90 bits per heavy atom. The molecule has 3 rings (SSSR count). The van der Waals surface area contributed by atoms with Crippen molar-refractivity contribution in [2.75, 3.05) is 16.3 Å². The number of amides is 1. The van der Waals surface area contributed by atoms with Crippen LogP contribution in [0.3, 0.4) is 0 Å². The van der Waals surface area contributed by atoms with Crippen LogP contribution in [-0.4, -0.2) is 43.1 Å². The third kappa shape index (κ3) is 6.06. The van der Waals surface area contributed by atoms with Gasteiger partial charge in [-0.3, -0.25) is 9.82 Å². The smallest absolute Gasteiger partial charge is 0.407 e. The zero-order valence-corrected chi connectivity index (χ0v) is 18.1. The monoisotopic (exact) mass is 457 g/mol. The first-order valence-electron chi connectivity index (χ1n) is 9.77. The first kappa shape index (κ1) is 22.8. The molecule has 1 aromatic carbocycles. The number of rotatable bonds is 7. The second-order valence-corrected chi connectivity index (χ2v) is 9.58. The second kappa shape index (κ2) is 9.08. The molecule has 9 nitrogen and oxygen atoms in total. The number of sulfonamides is 1. The highest BCUT2D eigenvalue weighted by Crippen LogP contribution is 2.36. The Morgan fingerprint density at radius 3 is 2.58 bits per heavy atom. The summed E-state index contributed by atoms with van der Waals surface area (Å²) in [5, 5.41) is 12.3. The zero-order chi connectivity index (χ0) is 22.8. The molecule has 12 heteroatoms. The highest BCUT2D eigenvalue weighted by molar-refractivity contribution is 7.92. The molecule has 0 spiro atoms. The van der Waals surface area contributed by atoms with E-state index in [1.54, 1.807) is 6.07 Å². The molecule has 0 aliphatic heterocycles. The first-order valence-corrected chi connectivity index (χ1v) is 11.7. The molecule has 1 fully saturated rings. The number of ether oxygens (including phenoxy) is 1. The molecule has 0 saturated heterocycles. The van der Waals surface area contributed by atoms with Crippen molar-refractivity contribution in [3.63, 3.8) is 0 Å². The maximum Gasteiger partial charge on any atom is 0.407 e. The van der Waals surface area contributed by atoms with Crippen molar-refractivity contribution in [3.8, 4) is 0 Å². The molecule has 31 heavy (non-hydrogen) atoms. The fraction of sp³-hybridized carbons (Fsp3) is 0.474. The van der Waals surface area contributed by atoms with E-state index in [-0.39, 0.29) is 29.6 Å². The van der Waals surface area contributed by atoms with Gasteiger partial charge in [-0.15, -0.1) is 0 Å². The van der Waals surface area contributed by atoms with E-state index in [1.807, 2.05) is 18.6 Å². The van der Waals surface area contributed by atoms with E-state index in [4.69, 9.17) is 4.74 Å². The van der Waals surface area contributed by atoms with Crippen molar-refractivity contribution in [1.82, 2.24) is 15.5 Å². The van der Waals surface area contributed by atoms with Gasteiger partial charge in [0.1, 0.15) is 6.10 Å². The average molecular weight is 458 g/mol. The molecule has 0 unspecified atom stereocenters. The van der Waals surface area contributed by atoms with Gasteiger partial charge < -0.3 is 15.4 Å². The number of nitrogens with zero attached hydrogens (tertiary/aromatic N) is 1. The molecule has 1 heterocycles. The lowest BCUT2D eigenvalue weighted by Crippen LogP contribution is -2.33. The van der Waals surface area contributed by atoms with Gasteiger partial charge in [0.25, 0.3) is 0 Å². The summed E-state index contributed by atoms with van der Waals surface area (Å²) in [6, 6.07) is 4.01. The maximum atomic E-state index is 14.3. The minimum absolute atomic E-state index is 0.00704. The molecule has 2 aromatic rings. The van der Waals surface area contributed by atoms with E-state index in [9.17, 15) is 22.0 Å². The van der Waals surface area contributed by atoms with Gasteiger partial charge >= 0.3 is 6.09 Å². The number of hydrogen-bond donors (Lipinski definition) is 4. The topological polar surface area (TPSA) is 125 Å². The number of aromatic nitrogens is 2. The van der Waals surface area contributed by atoms with Crippen LogP contribution >= 0.6 is 0 Å².